The normalized spacial score (nSPS) is 11.3. The van der Waals surface area contributed by atoms with Gasteiger partial charge in [-0.3, -0.25) is 4.79 Å². The van der Waals surface area contributed by atoms with Crippen LogP contribution in [-0.2, 0) is 6.54 Å². The lowest BCUT2D eigenvalue weighted by Gasteiger charge is -2.00. The van der Waals surface area contributed by atoms with Gasteiger partial charge < -0.3 is 10.3 Å². The fraction of sp³-hybridized carbons (Fsp3) is 0.0476. The van der Waals surface area contributed by atoms with E-state index in [1.54, 1.807) is 11.3 Å². The SMILES string of the molecule is O=C(NCc1nc2ccccc2[nH]1)c1ccc(-c2csc3ccccc23)s1. The minimum absolute atomic E-state index is 0.0776. The van der Waals surface area contributed by atoms with Crippen LogP contribution in [-0.4, -0.2) is 15.9 Å². The van der Waals surface area contributed by atoms with Crippen LogP contribution in [0.4, 0.5) is 0 Å². The molecule has 0 saturated carbocycles. The topological polar surface area (TPSA) is 57.8 Å². The first-order chi connectivity index (χ1) is 13.3. The molecule has 0 aliphatic heterocycles. The highest BCUT2D eigenvalue weighted by molar-refractivity contribution is 7.20. The summed E-state index contributed by atoms with van der Waals surface area (Å²) in [5.74, 6) is 0.677. The Morgan fingerprint density at radius 3 is 2.81 bits per heavy atom. The molecule has 0 saturated heterocycles. The molecule has 0 atom stereocenters. The Morgan fingerprint density at radius 1 is 1.04 bits per heavy atom. The number of amides is 1. The van der Waals surface area contributed by atoms with Crippen molar-refractivity contribution in [2.24, 2.45) is 0 Å². The summed E-state index contributed by atoms with van der Waals surface area (Å²) in [5.41, 5.74) is 3.07. The number of H-pyrrole nitrogens is 1. The number of rotatable bonds is 4. The second-order valence-corrected chi connectivity index (χ2v) is 8.19. The van der Waals surface area contributed by atoms with Crippen LogP contribution in [0.15, 0.2) is 66.0 Å². The summed E-state index contributed by atoms with van der Waals surface area (Å²) in [6.45, 7) is 0.377. The van der Waals surface area contributed by atoms with E-state index in [2.05, 4.69) is 32.8 Å². The number of aromatic amines is 1. The van der Waals surface area contributed by atoms with Crippen LogP contribution < -0.4 is 5.32 Å². The van der Waals surface area contributed by atoms with Crippen LogP contribution in [0.1, 0.15) is 15.5 Å². The van der Waals surface area contributed by atoms with Crippen molar-refractivity contribution >= 4 is 49.7 Å². The van der Waals surface area contributed by atoms with Gasteiger partial charge in [-0.2, -0.15) is 0 Å². The number of nitrogens with one attached hydrogen (secondary N) is 2. The van der Waals surface area contributed by atoms with Crippen LogP contribution in [0, 0.1) is 0 Å². The third-order valence-corrected chi connectivity index (χ3v) is 6.51. The molecule has 1 amide bonds. The Morgan fingerprint density at radius 2 is 1.89 bits per heavy atom. The standard InChI is InChI=1S/C21H15N3OS2/c25-21(22-11-20-23-15-6-2-3-7-16(15)24-20)19-10-9-18(27-19)14-12-26-17-8-4-1-5-13(14)17/h1-10,12H,11H2,(H,22,25)(H,23,24). The summed E-state index contributed by atoms with van der Waals surface area (Å²) in [7, 11) is 0. The highest BCUT2D eigenvalue weighted by Crippen LogP contribution is 2.37. The molecule has 6 heteroatoms. The van der Waals surface area contributed by atoms with Gasteiger partial charge in [-0.25, -0.2) is 4.98 Å². The van der Waals surface area contributed by atoms with Crippen molar-refractivity contribution in [2.75, 3.05) is 0 Å². The number of thiophene rings is 2. The second-order valence-electron chi connectivity index (χ2n) is 6.19. The van der Waals surface area contributed by atoms with Crippen LogP contribution in [0.5, 0.6) is 0 Å². The summed E-state index contributed by atoms with van der Waals surface area (Å²) in [6, 6.07) is 20.1. The highest BCUT2D eigenvalue weighted by atomic mass is 32.1. The molecule has 0 radical (unpaired) electrons. The summed E-state index contributed by atoms with van der Waals surface area (Å²) >= 11 is 3.25. The summed E-state index contributed by atoms with van der Waals surface area (Å²) in [6.07, 6.45) is 0. The molecule has 4 nitrogen and oxygen atoms in total. The number of carbonyl (C=O) groups is 1. The van der Waals surface area contributed by atoms with Crippen molar-refractivity contribution in [3.05, 3.63) is 76.7 Å². The quantitative estimate of drug-likeness (QED) is 0.430. The molecule has 0 spiro atoms. The maximum absolute atomic E-state index is 12.5. The van der Waals surface area contributed by atoms with Crippen molar-refractivity contribution in [1.82, 2.24) is 15.3 Å². The fourth-order valence-corrected chi connectivity index (χ4v) is 5.10. The number of hydrogen-bond acceptors (Lipinski definition) is 4. The first kappa shape index (κ1) is 16.2. The number of carbonyl (C=O) groups excluding carboxylic acids is 1. The third kappa shape index (κ3) is 3.03. The molecule has 0 aliphatic carbocycles. The monoisotopic (exact) mass is 389 g/mol. The lowest BCUT2D eigenvalue weighted by molar-refractivity contribution is 0.0954. The average Bonchev–Trinajstić information content (AvgIpc) is 3.42. The van der Waals surface area contributed by atoms with Gasteiger partial charge in [0, 0.05) is 25.9 Å². The molecule has 0 bridgehead atoms. The average molecular weight is 390 g/mol. The fourth-order valence-electron chi connectivity index (χ4n) is 3.11. The number of imidazole rings is 1. The van der Waals surface area contributed by atoms with Crippen molar-refractivity contribution in [1.29, 1.82) is 0 Å². The summed E-state index contributed by atoms with van der Waals surface area (Å²) < 4.78 is 1.26. The Bertz CT molecular complexity index is 1230. The molecular weight excluding hydrogens is 374 g/mol. The molecule has 0 unspecified atom stereocenters. The molecule has 3 aromatic heterocycles. The van der Waals surface area contributed by atoms with Gasteiger partial charge in [0.2, 0.25) is 0 Å². The van der Waals surface area contributed by atoms with Crippen LogP contribution in [0.2, 0.25) is 0 Å². The van der Waals surface area contributed by atoms with E-state index in [9.17, 15) is 4.79 Å². The number of aromatic nitrogens is 2. The maximum atomic E-state index is 12.5. The predicted molar refractivity (Wildman–Crippen MR) is 112 cm³/mol. The minimum atomic E-state index is -0.0776. The van der Waals surface area contributed by atoms with Crippen molar-refractivity contribution in [3.63, 3.8) is 0 Å². The molecule has 5 rings (SSSR count). The van der Waals surface area contributed by atoms with Crippen molar-refractivity contribution in [3.8, 4) is 10.4 Å². The van der Waals surface area contributed by atoms with Gasteiger partial charge in [0.15, 0.2) is 0 Å². The number of hydrogen-bond donors (Lipinski definition) is 2. The van der Waals surface area contributed by atoms with E-state index in [0.29, 0.717) is 11.4 Å². The molecule has 3 heterocycles. The van der Waals surface area contributed by atoms with Crippen LogP contribution in [0.25, 0.3) is 31.6 Å². The van der Waals surface area contributed by atoms with Gasteiger partial charge in [-0.05, 0) is 30.3 Å². The summed E-state index contributed by atoms with van der Waals surface area (Å²) in [5, 5.41) is 6.35. The maximum Gasteiger partial charge on any atom is 0.261 e. The van der Waals surface area contributed by atoms with E-state index in [4.69, 9.17) is 0 Å². The summed E-state index contributed by atoms with van der Waals surface area (Å²) in [4.78, 5) is 22.1. The van der Waals surface area contributed by atoms with Crippen LogP contribution in [0.3, 0.4) is 0 Å². The Hall–Kier alpha value is -2.96. The molecular formula is C21H15N3OS2. The first-order valence-corrected chi connectivity index (χ1v) is 10.3. The lowest BCUT2D eigenvalue weighted by Crippen LogP contribution is -2.22. The van der Waals surface area contributed by atoms with E-state index >= 15 is 0 Å². The molecule has 132 valence electrons. The van der Waals surface area contributed by atoms with Gasteiger partial charge in [-0.15, -0.1) is 22.7 Å². The van der Waals surface area contributed by atoms with E-state index in [1.165, 1.54) is 27.0 Å². The van der Waals surface area contributed by atoms with E-state index in [0.717, 1.165) is 21.7 Å². The van der Waals surface area contributed by atoms with Gasteiger partial charge in [0.1, 0.15) is 5.82 Å². The Kier molecular flexibility index (Phi) is 3.99. The van der Waals surface area contributed by atoms with Crippen LogP contribution >= 0.6 is 22.7 Å². The van der Waals surface area contributed by atoms with Crippen molar-refractivity contribution < 1.29 is 4.79 Å². The molecule has 27 heavy (non-hydrogen) atoms. The predicted octanol–water partition coefficient (Wildman–Crippen LogP) is 5.44. The first-order valence-electron chi connectivity index (χ1n) is 8.56. The number of benzene rings is 2. The minimum Gasteiger partial charge on any atom is -0.344 e. The van der Waals surface area contributed by atoms with Gasteiger partial charge in [0.25, 0.3) is 5.91 Å². The number of nitrogens with zero attached hydrogens (tertiary/aromatic N) is 1. The van der Waals surface area contributed by atoms with Gasteiger partial charge in [0.05, 0.1) is 22.5 Å². The second kappa shape index (κ2) is 6.64. The molecule has 2 aromatic carbocycles. The molecule has 5 aromatic rings. The molecule has 2 N–H and O–H groups in total. The molecule has 0 aliphatic rings. The molecule has 0 fully saturated rings. The Labute approximate surface area is 163 Å². The van der Waals surface area contributed by atoms with E-state index < -0.39 is 0 Å². The lowest BCUT2D eigenvalue weighted by atomic mass is 10.1. The van der Waals surface area contributed by atoms with Gasteiger partial charge in [-0.1, -0.05) is 30.3 Å². The van der Waals surface area contributed by atoms with E-state index in [-0.39, 0.29) is 5.91 Å². The highest BCUT2D eigenvalue weighted by Gasteiger charge is 2.13. The Balaban J connectivity index is 1.34. The number of para-hydroxylation sites is 2. The largest absolute Gasteiger partial charge is 0.344 e. The zero-order valence-corrected chi connectivity index (χ0v) is 15.9. The number of fused-ring (bicyclic) bond motifs is 2. The smallest absolute Gasteiger partial charge is 0.261 e. The zero-order chi connectivity index (χ0) is 18.2. The van der Waals surface area contributed by atoms with Gasteiger partial charge >= 0.3 is 0 Å². The van der Waals surface area contributed by atoms with Crippen molar-refractivity contribution in [2.45, 2.75) is 6.54 Å². The van der Waals surface area contributed by atoms with E-state index in [1.807, 2.05) is 48.5 Å². The third-order valence-electron chi connectivity index (χ3n) is 4.43. The zero-order valence-electron chi connectivity index (χ0n) is 14.2.